The molecular formula is C18H24N2O. The maximum absolute atomic E-state index is 5.67. The number of nitrogens with one attached hydrogen (secondary N) is 1. The number of methoxy groups -OCH3 is 1. The van der Waals surface area contributed by atoms with Gasteiger partial charge in [-0.1, -0.05) is 19.1 Å². The van der Waals surface area contributed by atoms with Crippen molar-refractivity contribution in [3.05, 3.63) is 58.4 Å². The molecule has 0 saturated carbocycles. The molecule has 0 saturated heterocycles. The fourth-order valence-corrected chi connectivity index (χ4v) is 2.60. The van der Waals surface area contributed by atoms with Crippen molar-refractivity contribution in [3.63, 3.8) is 0 Å². The van der Waals surface area contributed by atoms with Crippen molar-refractivity contribution in [1.29, 1.82) is 0 Å². The quantitative estimate of drug-likeness (QED) is 0.908. The van der Waals surface area contributed by atoms with Gasteiger partial charge in [-0.15, -0.1) is 0 Å². The lowest BCUT2D eigenvalue weighted by Crippen LogP contribution is -2.24. The predicted octanol–water partition coefficient (Wildman–Crippen LogP) is 3.71. The van der Waals surface area contributed by atoms with Crippen molar-refractivity contribution in [2.45, 2.75) is 33.7 Å². The second-order valence-electron chi connectivity index (χ2n) is 5.38. The molecular weight excluding hydrogens is 260 g/mol. The highest BCUT2D eigenvalue weighted by Crippen LogP contribution is 2.33. The number of nitrogens with zero attached hydrogens (tertiary/aromatic N) is 1. The van der Waals surface area contributed by atoms with Gasteiger partial charge in [0.1, 0.15) is 5.75 Å². The molecule has 0 amide bonds. The van der Waals surface area contributed by atoms with Gasteiger partial charge in [-0.05, 0) is 56.1 Å². The van der Waals surface area contributed by atoms with Gasteiger partial charge in [0.05, 0.1) is 18.8 Å². The van der Waals surface area contributed by atoms with Gasteiger partial charge in [0.2, 0.25) is 0 Å². The molecule has 0 aliphatic carbocycles. The number of benzene rings is 1. The third-order valence-corrected chi connectivity index (χ3v) is 3.86. The van der Waals surface area contributed by atoms with E-state index in [0.29, 0.717) is 0 Å². The third-order valence-electron chi connectivity index (χ3n) is 3.86. The Labute approximate surface area is 127 Å². The number of aryl methyl sites for hydroxylation is 2. The van der Waals surface area contributed by atoms with Crippen LogP contribution in [-0.2, 0) is 0 Å². The number of aromatic nitrogens is 1. The van der Waals surface area contributed by atoms with E-state index in [0.717, 1.165) is 23.6 Å². The lowest BCUT2D eigenvalue weighted by atomic mass is 9.96. The summed E-state index contributed by atoms with van der Waals surface area (Å²) in [6.07, 6.45) is 1.86. The summed E-state index contributed by atoms with van der Waals surface area (Å²) in [6.45, 7) is 9.28. The zero-order valence-corrected chi connectivity index (χ0v) is 13.5. The van der Waals surface area contributed by atoms with Crippen LogP contribution >= 0.6 is 0 Å². The SMILES string of the molecule is CCNC(c1cc(C)ccn1)c1ccc(C)c(C)c1OC. The van der Waals surface area contributed by atoms with Crippen molar-refractivity contribution in [3.8, 4) is 5.75 Å². The molecule has 3 heteroatoms. The summed E-state index contributed by atoms with van der Waals surface area (Å²) < 4.78 is 5.67. The van der Waals surface area contributed by atoms with Crippen molar-refractivity contribution >= 4 is 0 Å². The highest BCUT2D eigenvalue weighted by molar-refractivity contribution is 5.49. The van der Waals surface area contributed by atoms with Gasteiger partial charge in [0.15, 0.2) is 0 Å². The van der Waals surface area contributed by atoms with Crippen molar-refractivity contribution in [2.24, 2.45) is 0 Å². The van der Waals surface area contributed by atoms with E-state index in [9.17, 15) is 0 Å². The van der Waals surface area contributed by atoms with Crippen molar-refractivity contribution < 1.29 is 4.74 Å². The van der Waals surface area contributed by atoms with Crippen LogP contribution in [0.2, 0.25) is 0 Å². The van der Waals surface area contributed by atoms with Gasteiger partial charge in [0, 0.05) is 11.8 Å². The molecule has 1 aromatic heterocycles. The number of hydrogen-bond donors (Lipinski definition) is 1. The first-order valence-electron chi connectivity index (χ1n) is 7.38. The van der Waals surface area contributed by atoms with Crippen LogP contribution in [0.4, 0.5) is 0 Å². The number of pyridine rings is 1. The Hall–Kier alpha value is -1.87. The van der Waals surface area contributed by atoms with Crippen LogP contribution in [0.1, 0.15) is 40.9 Å². The average Bonchev–Trinajstić information content (AvgIpc) is 2.48. The third kappa shape index (κ3) is 3.24. The summed E-state index contributed by atoms with van der Waals surface area (Å²) in [7, 11) is 1.73. The largest absolute Gasteiger partial charge is 0.496 e. The molecule has 2 rings (SSSR count). The molecule has 0 radical (unpaired) electrons. The van der Waals surface area contributed by atoms with Crippen molar-refractivity contribution in [1.82, 2.24) is 10.3 Å². The fourth-order valence-electron chi connectivity index (χ4n) is 2.60. The Bertz CT molecular complexity index is 623. The van der Waals surface area contributed by atoms with E-state index in [1.54, 1.807) is 7.11 Å². The minimum absolute atomic E-state index is 0.0455. The van der Waals surface area contributed by atoms with Crippen LogP contribution < -0.4 is 10.1 Å². The maximum Gasteiger partial charge on any atom is 0.127 e. The van der Waals surface area contributed by atoms with Crippen LogP contribution in [0.3, 0.4) is 0 Å². The summed E-state index contributed by atoms with van der Waals surface area (Å²) >= 11 is 0. The molecule has 21 heavy (non-hydrogen) atoms. The zero-order valence-electron chi connectivity index (χ0n) is 13.5. The normalized spacial score (nSPS) is 12.2. The van der Waals surface area contributed by atoms with E-state index in [2.05, 4.69) is 56.2 Å². The molecule has 112 valence electrons. The topological polar surface area (TPSA) is 34.2 Å². The Morgan fingerprint density at radius 1 is 1.19 bits per heavy atom. The minimum Gasteiger partial charge on any atom is -0.496 e. The average molecular weight is 284 g/mol. The lowest BCUT2D eigenvalue weighted by molar-refractivity contribution is 0.400. The van der Waals surface area contributed by atoms with Gasteiger partial charge in [-0.25, -0.2) is 0 Å². The van der Waals surface area contributed by atoms with Crippen molar-refractivity contribution in [2.75, 3.05) is 13.7 Å². The van der Waals surface area contributed by atoms with E-state index in [-0.39, 0.29) is 6.04 Å². The molecule has 0 aliphatic rings. The second kappa shape index (κ2) is 6.72. The number of rotatable bonds is 5. The highest BCUT2D eigenvalue weighted by atomic mass is 16.5. The Balaban J connectivity index is 2.55. The molecule has 1 N–H and O–H groups in total. The summed E-state index contributed by atoms with van der Waals surface area (Å²) in [5.41, 5.74) is 5.80. The van der Waals surface area contributed by atoms with Crippen LogP contribution in [0, 0.1) is 20.8 Å². The van der Waals surface area contributed by atoms with E-state index in [1.807, 2.05) is 12.3 Å². The van der Waals surface area contributed by atoms with Crippen LogP contribution in [-0.4, -0.2) is 18.6 Å². The summed E-state index contributed by atoms with van der Waals surface area (Å²) in [6, 6.07) is 8.47. The van der Waals surface area contributed by atoms with Gasteiger partial charge in [-0.3, -0.25) is 4.98 Å². The number of hydrogen-bond acceptors (Lipinski definition) is 3. The molecule has 2 aromatic rings. The Kier molecular flexibility index (Phi) is 4.97. The first-order valence-corrected chi connectivity index (χ1v) is 7.38. The van der Waals surface area contributed by atoms with E-state index in [1.165, 1.54) is 16.7 Å². The van der Waals surface area contributed by atoms with Gasteiger partial charge >= 0.3 is 0 Å². The minimum atomic E-state index is 0.0455. The second-order valence-corrected chi connectivity index (χ2v) is 5.38. The number of ether oxygens (including phenoxy) is 1. The molecule has 1 heterocycles. The predicted molar refractivity (Wildman–Crippen MR) is 87.0 cm³/mol. The molecule has 1 unspecified atom stereocenters. The molecule has 0 bridgehead atoms. The van der Waals surface area contributed by atoms with E-state index >= 15 is 0 Å². The monoisotopic (exact) mass is 284 g/mol. The summed E-state index contributed by atoms with van der Waals surface area (Å²) in [5, 5.41) is 3.52. The Morgan fingerprint density at radius 3 is 2.57 bits per heavy atom. The Morgan fingerprint density at radius 2 is 1.95 bits per heavy atom. The molecule has 3 nitrogen and oxygen atoms in total. The van der Waals surface area contributed by atoms with Crippen LogP contribution in [0.5, 0.6) is 5.75 Å². The van der Waals surface area contributed by atoms with E-state index < -0.39 is 0 Å². The van der Waals surface area contributed by atoms with Gasteiger partial charge in [-0.2, -0.15) is 0 Å². The molecule has 0 aliphatic heterocycles. The molecule has 0 fully saturated rings. The van der Waals surface area contributed by atoms with Gasteiger partial charge < -0.3 is 10.1 Å². The maximum atomic E-state index is 5.67. The molecule has 1 atom stereocenters. The first-order chi connectivity index (χ1) is 10.1. The summed E-state index contributed by atoms with van der Waals surface area (Å²) in [5.74, 6) is 0.948. The van der Waals surface area contributed by atoms with Gasteiger partial charge in [0.25, 0.3) is 0 Å². The summed E-state index contributed by atoms with van der Waals surface area (Å²) in [4.78, 5) is 4.54. The van der Waals surface area contributed by atoms with E-state index in [4.69, 9.17) is 4.74 Å². The lowest BCUT2D eigenvalue weighted by Gasteiger charge is -2.22. The molecule has 0 spiro atoms. The highest BCUT2D eigenvalue weighted by Gasteiger charge is 2.20. The standard InChI is InChI=1S/C18H24N2O/c1-6-19-17(16-11-12(2)9-10-20-16)15-8-7-13(3)14(4)18(15)21-5/h7-11,17,19H,6H2,1-5H3. The smallest absolute Gasteiger partial charge is 0.127 e. The fraction of sp³-hybridized carbons (Fsp3) is 0.389. The first kappa shape index (κ1) is 15.5. The zero-order chi connectivity index (χ0) is 15.4. The van der Waals surface area contributed by atoms with Crippen LogP contribution in [0.15, 0.2) is 30.5 Å². The molecule has 1 aromatic carbocycles. The van der Waals surface area contributed by atoms with Crippen LogP contribution in [0.25, 0.3) is 0 Å².